The molecule has 1 N–H and O–H groups in total. The number of fused-ring (bicyclic) bond motifs is 1. The molecule has 1 aromatic heterocycles. The Morgan fingerprint density at radius 2 is 2.19 bits per heavy atom. The molecule has 1 aromatic carbocycles. The largest absolute Gasteiger partial charge is 0.431 e. The van der Waals surface area contributed by atoms with Crippen molar-refractivity contribution in [2.45, 2.75) is 22.3 Å². The second-order valence-electron chi connectivity index (χ2n) is 5.92. The van der Waals surface area contributed by atoms with Crippen LogP contribution in [0.15, 0.2) is 45.4 Å². The van der Waals surface area contributed by atoms with Gasteiger partial charge in [-0.1, -0.05) is 17.8 Å². The van der Waals surface area contributed by atoms with Gasteiger partial charge in [0.25, 0.3) is 5.22 Å². The van der Waals surface area contributed by atoms with Gasteiger partial charge in [0.05, 0.1) is 23.4 Å². The first-order chi connectivity index (χ1) is 12.9. The predicted octanol–water partition coefficient (Wildman–Crippen LogP) is 1.63. The van der Waals surface area contributed by atoms with E-state index in [1.54, 1.807) is 19.1 Å². The number of thioether (sulfide) groups is 1. The van der Waals surface area contributed by atoms with Crippen LogP contribution in [-0.4, -0.2) is 61.7 Å². The van der Waals surface area contributed by atoms with E-state index >= 15 is 0 Å². The quantitative estimate of drug-likeness (QED) is 0.546. The highest BCUT2D eigenvalue weighted by molar-refractivity contribution is 8.00. The Balaban J connectivity index is 1.78. The first kappa shape index (κ1) is 19.9. The summed E-state index contributed by atoms with van der Waals surface area (Å²) in [5, 5.41) is 2.61. The number of carbonyl (C=O) groups excluding carboxylic acids is 1. The van der Waals surface area contributed by atoms with E-state index in [0.29, 0.717) is 49.2 Å². The second-order valence-corrected chi connectivity index (χ2v) is 9.15. The zero-order chi connectivity index (χ0) is 19.4. The molecule has 0 aliphatic carbocycles. The minimum atomic E-state index is -3.60. The fourth-order valence-corrected chi connectivity index (χ4v) is 4.76. The fraction of sp³-hybridized carbons (Fsp3) is 0.412. The van der Waals surface area contributed by atoms with Crippen LogP contribution in [0.1, 0.15) is 6.92 Å². The molecule has 3 rings (SSSR count). The Hall–Kier alpha value is -1.88. The second kappa shape index (κ2) is 8.42. The number of nitrogens with one attached hydrogen (secondary N) is 1. The zero-order valence-corrected chi connectivity index (χ0v) is 16.5. The SMILES string of the molecule is C=CCNC(=O)[C@@H](C)Sc1nc2cc(S(=O)(=O)N3CCOCC3)ccc2o1. The number of hydrogen-bond donors (Lipinski definition) is 1. The minimum Gasteiger partial charge on any atom is -0.431 e. The number of rotatable bonds is 7. The number of carbonyl (C=O) groups is 1. The van der Waals surface area contributed by atoms with Gasteiger partial charge in [0, 0.05) is 19.6 Å². The number of nitrogens with zero attached hydrogens (tertiary/aromatic N) is 2. The Morgan fingerprint density at radius 1 is 1.44 bits per heavy atom. The average molecular weight is 412 g/mol. The van der Waals surface area contributed by atoms with Crippen molar-refractivity contribution in [2.24, 2.45) is 0 Å². The van der Waals surface area contributed by atoms with Crippen molar-refractivity contribution in [1.82, 2.24) is 14.6 Å². The molecular formula is C17H21N3O5S2. The van der Waals surface area contributed by atoms with Crippen LogP contribution in [0.5, 0.6) is 0 Å². The Morgan fingerprint density at radius 3 is 2.89 bits per heavy atom. The molecule has 0 bridgehead atoms. The Bertz CT molecular complexity index is 935. The molecule has 8 nitrogen and oxygen atoms in total. The van der Waals surface area contributed by atoms with Gasteiger partial charge in [0.1, 0.15) is 5.52 Å². The lowest BCUT2D eigenvalue weighted by Crippen LogP contribution is -2.40. The maximum absolute atomic E-state index is 12.8. The third-order valence-electron chi connectivity index (χ3n) is 4.01. The summed E-state index contributed by atoms with van der Waals surface area (Å²) >= 11 is 1.17. The van der Waals surface area contributed by atoms with E-state index in [2.05, 4.69) is 16.9 Å². The molecule has 0 unspecified atom stereocenters. The topological polar surface area (TPSA) is 102 Å². The molecule has 27 heavy (non-hydrogen) atoms. The number of benzene rings is 1. The number of oxazole rings is 1. The fourth-order valence-electron chi connectivity index (χ4n) is 2.55. The van der Waals surface area contributed by atoms with Crippen molar-refractivity contribution in [3.63, 3.8) is 0 Å². The first-order valence-electron chi connectivity index (χ1n) is 8.45. The molecular weight excluding hydrogens is 390 g/mol. The van der Waals surface area contributed by atoms with Gasteiger partial charge in [0.2, 0.25) is 15.9 Å². The number of amides is 1. The van der Waals surface area contributed by atoms with Crippen molar-refractivity contribution < 1.29 is 22.4 Å². The number of aromatic nitrogens is 1. The molecule has 10 heteroatoms. The van der Waals surface area contributed by atoms with E-state index in [1.165, 1.54) is 28.2 Å². The normalized spacial score (nSPS) is 16.9. The van der Waals surface area contributed by atoms with Crippen LogP contribution >= 0.6 is 11.8 Å². The molecule has 0 spiro atoms. The van der Waals surface area contributed by atoms with E-state index < -0.39 is 15.3 Å². The van der Waals surface area contributed by atoms with Crippen LogP contribution in [0.4, 0.5) is 0 Å². The molecule has 1 aliphatic heterocycles. The third kappa shape index (κ3) is 4.52. The van der Waals surface area contributed by atoms with Crippen molar-refractivity contribution in [3.8, 4) is 0 Å². The number of hydrogen-bond acceptors (Lipinski definition) is 7. The Kier molecular flexibility index (Phi) is 6.20. The smallest absolute Gasteiger partial charge is 0.257 e. The molecule has 0 radical (unpaired) electrons. The molecule has 2 heterocycles. The van der Waals surface area contributed by atoms with Gasteiger partial charge in [-0.25, -0.2) is 13.4 Å². The minimum absolute atomic E-state index is 0.155. The third-order valence-corrected chi connectivity index (χ3v) is 6.85. The van der Waals surface area contributed by atoms with Crippen molar-refractivity contribution in [3.05, 3.63) is 30.9 Å². The summed E-state index contributed by atoms with van der Waals surface area (Å²) in [7, 11) is -3.60. The predicted molar refractivity (Wildman–Crippen MR) is 102 cm³/mol. The van der Waals surface area contributed by atoms with Crippen LogP contribution in [-0.2, 0) is 19.6 Å². The average Bonchev–Trinajstić information content (AvgIpc) is 3.08. The summed E-state index contributed by atoms with van der Waals surface area (Å²) in [4.78, 5) is 16.4. The maximum Gasteiger partial charge on any atom is 0.257 e. The van der Waals surface area contributed by atoms with Gasteiger partial charge < -0.3 is 14.5 Å². The first-order valence-corrected chi connectivity index (χ1v) is 10.8. The van der Waals surface area contributed by atoms with Crippen LogP contribution < -0.4 is 5.32 Å². The summed E-state index contributed by atoms with van der Waals surface area (Å²) in [6, 6.07) is 4.59. The lowest BCUT2D eigenvalue weighted by molar-refractivity contribution is -0.120. The Labute approximate surface area is 162 Å². The van der Waals surface area contributed by atoms with E-state index in [9.17, 15) is 13.2 Å². The highest BCUT2D eigenvalue weighted by atomic mass is 32.2. The summed E-state index contributed by atoms with van der Waals surface area (Å²) in [5.41, 5.74) is 0.905. The standard InChI is InChI=1S/C17H21N3O5S2/c1-3-6-18-16(21)12(2)26-17-19-14-11-13(4-5-15(14)25-17)27(22,23)20-7-9-24-10-8-20/h3-5,11-12H,1,6-10H2,2H3,(H,18,21)/t12-/m1/s1. The number of ether oxygens (including phenoxy) is 1. The number of sulfonamides is 1. The molecule has 1 amide bonds. The zero-order valence-electron chi connectivity index (χ0n) is 14.9. The maximum atomic E-state index is 12.8. The van der Waals surface area contributed by atoms with E-state index in [-0.39, 0.29) is 10.8 Å². The summed E-state index contributed by atoms with van der Waals surface area (Å²) in [6.07, 6.45) is 1.60. The van der Waals surface area contributed by atoms with Crippen LogP contribution in [0, 0.1) is 0 Å². The van der Waals surface area contributed by atoms with Crippen molar-refractivity contribution in [2.75, 3.05) is 32.8 Å². The lowest BCUT2D eigenvalue weighted by atomic mass is 10.3. The van der Waals surface area contributed by atoms with E-state index in [0.717, 1.165) is 0 Å². The van der Waals surface area contributed by atoms with Gasteiger partial charge in [-0.3, -0.25) is 4.79 Å². The monoisotopic (exact) mass is 411 g/mol. The lowest BCUT2D eigenvalue weighted by Gasteiger charge is -2.25. The molecule has 1 saturated heterocycles. The molecule has 1 aliphatic rings. The summed E-state index contributed by atoms with van der Waals surface area (Å²) < 4.78 is 37.7. The van der Waals surface area contributed by atoms with Gasteiger partial charge >= 0.3 is 0 Å². The molecule has 1 atom stereocenters. The van der Waals surface area contributed by atoms with Crippen LogP contribution in [0.2, 0.25) is 0 Å². The van der Waals surface area contributed by atoms with Crippen molar-refractivity contribution >= 4 is 38.8 Å². The molecule has 1 fully saturated rings. The summed E-state index contributed by atoms with van der Waals surface area (Å²) in [6.45, 7) is 7.12. The van der Waals surface area contributed by atoms with E-state index in [4.69, 9.17) is 9.15 Å². The molecule has 2 aromatic rings. The summed E-state index contributed by atoms with van der Waals surface area (Å²) in [5.74, 6) is -0.155. The highest BCUT2D eigenvalue weighted by Crippen LogP contribution is 2.29. The van der Waals surface area contributed by atoms with Gasteiger partial charge in [-0.05, 0) is 25.1 Å². The van der Waals surface area contributed by atoms with Gasteiger partial charge in [0.15, 0.2) is 5.58 Å². The molecule has 0 saturated carbocycles. The molecule has 146 valence electrons. The van der Waals surface area contributed by atoms with Gasteiger partial charge in [-0.2, -0.15) is 4.31 Å². The van der Waals surface area contributed by atoms with Gasteiger partial charge in [-0.15, -0.1) is 6.58 Å². The number of morpholine rings is 1. The van der Waals surface area contributed by atoms with Crippen LogP contribution in [0.25, 0.3) is 11.1 Å². The van der Waals surface area contributed by atoms with E-state index in [1.807, 2.05) is 0 Å². The highest BCUT2D eigenvalue weighted by Gasteiger charge is 2.27. The van der Waals surface area contributed by atoms with Crippen LogP contribution in [0.3, 0.4) is 0 Å². The van der Waals surface area contributed by atoms with Crippen molar-refractivity contribution in [1.29, 1.82) is 0 Å².